The molecule has 0 saturated carbocycles. The standard InChI is InChI=1S/C13H20N2O3/c1-10(12-3-2-8-17-12)15-13(16)9-18-11-4-6-14-7-5-11/h2-3,8,10-11,14H,4-7,9H2,1H3,(H,15,16)/t10-/m1/s1. The first kappa shape index (κ1) is 13.1. The third kappa shape index (κ3) is 3.85. The van der Waals surface area contributed by atoms with Gasteiger partial charge < -0.3 is 19.8 Å². The zero-order chi connectivity index (χ0) is 12.8. The van der Waals surface area contributed by atoms with Gasteiger partial charge in [-0.25, -0.2) is 0 Å². The van der Waals surface area contributed by atoms with Crippen LogP contribution in [0.25, 0.3) is 0 Å². The Hall–Kier alpha value is -1.33. The van der Waals surface area contributed by atoms with E-state index in [2.05, 4.69) is 10.6 Å². The lowest BCUT2D eigenvalue weighted by molar-refractivity contribution is -0.129. The molecule has 1 aliphatic heterocycles. The number of furan rings is 1. The number of carbonyl (C=O) groups excluding carboxylic acids is 1. The van der Waals surface area contributed by atoms with Crippen molar-refractivity contribution in [2.75, 3.05) is 19.7 Å². The zero-order valence-corrected chi connectivity index (χ0v) is 10.6. The van der Waals surface area contributed by atoms with E-state index in [9.17, 15) is 4.79 Å². The molecule has 0 radical (unpaired) electrons. The lowest BCUT2D eigenvalue weighted by atomic mass is 10.1. The predicted molar refractivity (Wildman–Crippen MR) is 67.1 cm³/mol. The average molecular weight is 252 g/mol. The molecule has 2 rings (SSSR count). The van der Waals surface area contributed by atoms with Crippen LogP contribution in [0.3, 0.4) is 0 Å². The number of piperidine rings is 1. The molecule has 2 N–H and O–H groups in total. The summed E-state index contributed by atoms with van der Waals surface area (Å²) in [6, 6.07) is 3.53. The van der Waals surface area contributed by atoms with Crippen LogP contribution in [0.15, 0.2) is 22.8 Å². The molecule has 1 fully saturated rings. The van der Waals surface area contributed by atoms with Gasteiger partial charge in [0.15, 0.2) is 0 Å². The van der Waals surface area contributed by atoms with Crippen molar-refractivity contribution in [3.05, 3.63) is 24.2 Å². The number of carbonyl (C=O) groups is 1. The highest BCUT2D eigenvalue weighted by Crippen LogP contribution is 2.12. The van der Waals surface area contributed by atoms with Crippen LogP contribution in [0, 0.1) is 0 Å². The summed E-state index contributed by atoms with van der Waals surface area (Å²) in [4.78, 5) is 11.7. The molecule has 0 spiro atoms. The van der Waals surface area contributed by atoms with Gasteiger partial charge in [0.1, 0.15) is 12.4 Å². The topological polar surface area (TPSA) is 63.5 Å². The van der Waals surface area contributed by atoms with Crippen LogP contribution in [-0.2, 0) is 9.53 Å². The van der Waals surface area contributed by atoms with Gasteiger partial charge in [-0.2, -0.15) is 0 Å². The molecule has 1 aromatic heterocycles. The van der Waals surface area contributed by atoms with E-state index < -0.39 is 0 Å². The van der Waals surface area contributed by atoms with Crippen molar-refractivity contribution in [2.24, 2.45) is 0 Å². The Labute approximate surface area is 107 Å². The number of rotatable bonds is 5. The van der Waals surface area contributed by atoms with Crippen LogP contribution in [-0.4, -0.2) is 31.7 Å². The van der Waals surface area contributed by atoms with E-state index in [-0.39, 0.29) is 24.7 Å². The first-order valence-corrected chi connectivity index (χ1v) is 6.41. The van der Waals surface area contributed by atoms with E-state index >= 15 is 0 Å². The minimum absolute atomic E-state index is 0.0996. The fourth-order valence-electron chi connectivity index (χ4n) is 2.05. The average Bonchev–Trinajstić information content (AvgIpc) is 2.91. The first-order chi connectivity index (χ1) is 8.75. The van der Waals surface area contributed by atoms with E-state index in [0.717, 1.165) is 31.7 Å². The quantitative estimate of drug-likeness (QED) is 0.827. The van der Waals surface area contributed by atoms with Crippen molar-refractivity contribution in [1.29, 1.82) is 0 Å². The Bertz CT molecular complexity index is 358. The van der Waals surface area contributed by atoms with Gasteiger partial charge >= 0.3 is 0 Å². The van der Waals surface area contributed by atoms with Crippen molar-refractivity contribution in [1.82, 2.24) is 10.6 Å². The number of ether oxygens (including phenoxy) is 1. The van der Waals surface area contributed by atoms with Crippen molar-refractivity contribution in [2.45, 2.75) is 31.9 Å². The minimum atomic E-state index is -0.121. The summed E-state index contributed by atoms with van der Waals surface area (Å²) in [6.45, 7) is 3.95. The Balaban J connectivity index is 1.68. The normalized spacial score (nSPS) is 18.5. The van der Waals surface area contributed by atoms with Crippen LogP contribution in [0.1, 0.15) is 31.6 Å². The number of amides is 1. The second-order valence-corrected chi connectivity index (χ2v) is 4.56. The Morgan fingerprint density at radius 1 is 1.61 bits per heavy atom. The summed E-state index contributed by atoms with van der Waals surface area (Å²) in [5, 5.41) is 6.11. The van der Waals surface area contributed by atoms with E-state index in [0.29, 0.717) is 0 Å². The number of nitrogens with one attached hydrogen (secondary N) is 2. The maximum absolute atomic E-state index is 11.7. The van der Waals surface area contributed by atoms with E-state index in [1.165, 1.54) is 0 Å². The number of hydrogen-bond donors (Lipinski definition) is 2. The summed E-state index contributed by atoms with van der Waals surface area (Å²) in [5.41, 5.74) is 0. The van der Waals surface area contributed by atoms with Crippen molar-refractivity contribution >= 4 is 5.91 Å². The lowest BCUT2D eigenvalue weighted by Crippen LogP contribution is -2.36. The minimum Gasteiger partial charge on any atom is -0.467 e. The summed E-state index contributed by atoms with van der Waals surface area (Å²) in [5.74, 6) is 0.655. The van der Waals surface area contributed by atoms with E-state index in [4.69, 9.17) is 9.15 Å². The van der Waals surface area contributed by atoms with E-state index in [1.54, 1.807) is 6.26 Å². The van der Waals surface area contributed by atoms with Gasteiger partial charge in [-0.3, -0.25) is 4.79 Å². The monoisotopic (exact) mass is 252 g/mol. The van der Waals surface area contributed by atoms with Gasteiger partial charge in [0.25, 0.3) is 0 Å². The molecule has 5 heteroatoms. The molecule has 0 aliphatic carbocycles. The maximum atomic E-state index is 11.7. The smallest absolute Gasteiger partial charge is 0.246 e. The van der Waals surface area contributed by atoms with Gasteiger partial charge in [-0.15, -0.1) is 0 Å². The number of hydrogen-bond acceptors (Lipinski definition) is 4. The Morgan fingerprint density at radius 2 is 2.39 bits per heavy atom. The van der Waals surface area contributed by atoms with Crippen LogP contribution < -0.4 is 10.6 Å². The second kappa shape index (κ2) is 6.56. The first-order valence-electron chi connectivity index (χ1n) is 6.41. The molecule has 1 aliphatic rings. The largest absolute Gasteiger partial charge is 0.467 e. The van der Waals surface area contributed by atoms with Crippen LogP contribution in [0.5, 0.6) is 0 Å². The molecule has 1 amide bonds. The predicted octanol–water partition coefficient (Wildman–Crippen LogP) is 1.23. The summed E-state index contributed by atoms with van der Waals surface area (Å²) in [7, 11) is 0. The molecular formula is C13H20N2O3. The zero-order valence-electron chi connectivity index (χ0n) is 10.6. The molecule has 1 atom stereocenters. The van der Waals surface area contributed by atoms with Gasteiger partial charge in [0.2, 0.25) is 5.91 Å². The lowest BCUT2D eigenvalue weighted by Gasteiger charge is -2.23. The van der Waals surface area contributed by atoms with Crippen molar-refractivity contribution in [3.63, 3.8) is 0 Å². The van der Waals surface area contributed by atoms with Gasteiger partial charge in [0, 0.05) is 0 Å². The molecule has 0 unspecified atom stereocenters. The van der Waals surface area contributed by atoms with Gasteiger partial charge in [0.05, 0.1) is 18.4 Å². The summed E-state index contributed by atoms with van der Waals surface area (Å²) < 4.78 is 10.8. The Kier molecular flexibility index (Phi) is 4.78. The third-order valence-electron chi connectivity index (χ3n) is 3.08. The molecule has 0 bridgehead atoms. The summed E-state index contributed by atoms with van der Waals surface area (Å²) >= 11 is 0. The summed E-state index contributed by atoms with van der Waals surface area (Å²) in [6.07, 6.45) is 3.75. The second-order valence-electron chi connectivity index (χ2n) is 4.56. The SMILES string of the molecule is C[C@@H](NC(=O)COC1CCNCC1)c1ccco1. The Morgan fingerprint density at radius 3 is 3.06 bits per heavy atom. The molecular weight excluding hydrogens is 232 g/mol. The van der Waals surface area contributed by atoms with Crippen molar-refractivity contribution in [3.8, 4) is 0 Å². The van der Waals surface area contributed by atoms with Gasteiger partial charge in [-0.1, -0.05) is 0 Å². The van der Waals surface area contributed by atoms with Gasteiger partial charge in [-0.05, 0) is 45.0 Å². The van der Waals surface area contributed by atoms with Crippen molar-refractivity contribution < 1.29 is 13.9 Å². The molecule has 100 valence electrons. The van der Waals surface area contributed by atoms with Crippen LogP contribution >= 0.6 is 0 Å². The fraction of sp³-hybridized carbons (Fsp3) is 0.615. The highest BCUT2D eigenvalue weighted by atomic mass is 16.5. The maximum Gasteiger partial charge on any atom is 0.246 e. The highest BCUT2D eigenvalue weighted by molar-refractivity contribution is 5.77. The molecule has 18 heavy (non-hydrogen) atoms. The molecule has 1 aromatic rings. The molecule has 2 heterocycles. The van der Waals surface area contributed by atoms with Crippen LogP contribution in [0.2, 0.25) is 0 Å². The van der Waals surface area contributed by atoms with E-state index in [1.807, 2.05) is 19.1 Å². The third-order valence-corrected chi connectivity index (χ3v) is 3.08. The molecule has 1 saturated heterocycles. The molecule has 5 nitrogen and oxygen atoms in total. The molecule has 0 aromatic carbocycles. The fourth-order valence-corrected chi connectivity index (χ4v) is 2.05. The highest BCUT2D eigenvalue weighted by Gasteiger charge is 2.16. The van der Waals surface area contributed by atoms with Crippen LogP contribution in [0.4, 0.5) is 0 Å².